The molecular weight excluding hydrogens is 476 g/mol. The van der Waals surface area contributed by atoms with Crippen LogP contribution in [0.2, 0.25) is 0 Å². The van der Waals surface area contributed by atoms with E-state index in [-0.39, 0.29) is 40.8 Å². The lowest BCUT2D eigenvalue weighted by molar-refractivity contribution is -0.158. The zero-order valence-electron chi connectivity index (χ0n) is 19.7. The average molecular weight is 509 g/mol. The number of likely N-dealkylation sites (tertiary alicyclic amines) is 1. The maximum Gasteiger partial charge on any atom is 0.353 e. The number of thioether (sulfide) groups is 1. The second-order valence-corrected chi connectivity index (χ2v) is 11.1. The molecule has 7 atom stereocenters. The molecule has 4 heterocycles. The van der Waals surface area contributed by atoms with Gasteiger partial charge in [-0.1, -0.05) is 6.92 Å². The normalized spacial score (nSPS) is 32.9. The molecule has 0 aromatic heterocycles. The zero-order valence-corrected chi connectivity index (χ0v) is 20.5. The predicted octanol–water partition coefficient (Wildman–Crippen LogP) is -1.84. The summed E-state index contributed by atoms with van der Waals surface area (Å²) in [4.78, 5) is 64.6. The fourth-order valence-corrected chi connectivity index (χ4v) is 7.10. The molecule has 4 aliphatic heterocycles. The van der Waals surface area contributed by atoms with Crippen molar-refractivity contribution in [3.63, 3.8) is 0 Å². The highest BCUT2D eigenvalue weighted by molar-refractivity contribution is 8.03. The fraction of sp³-hybridized carbons (Fsp3) is 0.682. The van der Waals surface area contributed by atoms with Crippen LogP contribution < -0.4 is 22.1 Å². The number of carboxylic acid groups (broad SMARTS) is 1. The molecule has 0 aromatic carbocycles. The van der Waals surface area contributed by atoms with Crippen LogP contribution in [0.3, 0.4) is 0 Å². The minimum Gasteiger partial charge on any atom is -0.477 e. The van der Waals surface area contributed by atoms with Gasteiger partial charge in [0.1, 0.15) is 12.1 Å². The van der Waals surface area contributed by atoms with Crippen molar-refractivity contribution in [2.24, 2.45) is 23.3 Å². The molecule has 0 spiro atoms. The van der Waals surface area contributed by atoms with Gasteiger partial charge in [-0.15, -0.1) is 11.8 Å². The van der Waals surface area contributed by atoms with Gasteiger partial charge in [-0.25, -0.2) is 4.79 Å². The quantitative estimate of drug-likeness (QED) is 0.185. The van der Waals surface area contributed by atoms with Crippen molar-refractivity contribution >= 4 is 41.4 Å². The lowest BCUT2D eigenvalue weighted by Gasteiger charge is -2.47. The molecule has 0 saturated carbocycles. The lowest BCUT2D eigenvalue weighted by atomic mass is 9.78. The first kappa shape index (κ1) is 25.5. The molecule has 4 rings (SSSR count). The number of nitrogens with zero attached hydrogens (tertiary/aromatic N) is 2. The number of β-lactam (4-membered cyclic amide) rings is 1. The number of carboxylic acids is 1. The second-order valence-electron chi connectivity index (χ2n) is 9.80. The summed E-state index contributed by atoms with van der Waals surface area (Å²) in [6.07, 6.45) is 0.865. The largest absolute Gasteiger partial charge is 0.477 e. The van der Waals surface area contributed by atoms with Crippen molar-refractivity contribution in [2.75, 3.05) is 19.6 Å². The third kappa shape index (κ3) is 4.76. The Morgan fingerprint density at radius 3 is 2.63 bits per heavy atom. The first-order chi connectivity index (χ1) is 16.5. The molecule has 4 amide bonds. The van der Waals surface area contributed by atoms with Crippen LogP contribution >= 0.6 is 11.8 Å². The Hall–Kier alpha value is -2.64. The summed E-state index contributed by atoms with van der Waals surface area (Å²) in [6.45, 7) is 5.29. The second kappa shape index (κ2) is 9.78. The molecule has 0 aromatic rings. The number of rotatable bonds is 8. The number of fused-ring (bicyclic) bond motifs is 1. The molecule has 3 fully saturated rings. The number of aliphatic carboxylic acids is 1. The highest BCUT2D eigenvalue weighted by Crippen LogP contribution is 2.51. The van der Waals surface area contributed by atoms with Crippen LogP contribution in [0.5, 0.6) is 0 Å². The Morgan fingerprint density at radius 2 is 2.03 bits per heavy atom. The number of primary amides is 1. The molecular formula is C22H32N6O6S. The fourth-order valence-electron chi connectivity index (χ4n) is 5.62. The van der Waals surface area contributed by atoms with E-state index in [0.717, 1.165) is 6.42 Å². The van der Waals surface area contributed by atoms with Crippen LogP contribution in [-0.2, 0) is 24.0 Å². The molecule has 13 heteroatoms. The summed E-state index contributed by atoms with van der Waals surface area (Å²) in [6, 6.07) is -1.32. The Bertz CT molecular complexity index is 987. The van der Waals surface area contributed by atoms with Crippen molar-refractivity contribution in [3.05, 3.63) is 10.6 Å². The SMILES string of the molecule is CC(NC(=O)CC(N)=O)[C@H]1C(=O)N2C(C(=O)O)=C(S[C@@H]3CN[C@H](C(=O)N4CC[C@@H](N)C4)C3)[C@H](C)[C@H]12. The standard InChI is InChI=1S/C22H32N6O6S/c1-9-17-16(10(2)26-15(30)6-14(24)29)21(32)28(17)18(22(33)34)19(9)35-12-5-13(25-7-12)20(31)27-4-3-11(23)8-27/h9-13,16-17,25H,3-8,23H2,1-2H3,(H2,24,29)(H,26,30)(H,33,34)/t9-,10?,11-,12+,13+,16-,17-/m1/s1. The summed E-state index contributed by atoms with van der Waals surface area (Å²) < 4.78 is 0. The van der Waals surface area contributed by atoms with Crippen molar-refractivity contribution in [1.29, 1.82) is 0 Å². The summed E-state index contributed by atoms with van der Waals surface area (Å²) in [5, 5.41) is 15.8. The number of carbonyl (C=O) groups is 5. The van der Waals surface area contributed by atoms with Gasteiger partial charge in [0.15, 0.2) is 0 Å². The maximum atomic E-state index is 12.9. The third-order valence-corrected chi connectivity index (χ3v) is 8.78. The van der Waals surface area contributed by atoms with Gasteiger partial charge in [-0.3, -0.25) is 19.2 Å². The molecule has 3 saturated heterocycles. The van der Waals surface area contributed by atoms with Gasteiger partial charge in [0, 0.05) is 47.8 Å². The Labute approximate surface area is 207 Å². The van der Waals surface area contributed by atoms with Gasteiger partial charge in [-0.05, 0) is 19.8 Å². The highest BCUT2D eigenvalue weighted by atomic mass is 32.2. The minimum atomic E-state index is -1.18. The van der Waals surface area contributed by atoms with Gasteiger partial charge in [-0.2, -0.15) is 0 Å². The van der Waals surface area contributed by atoms with Crippen molar-refractivity contribution in [3.8, 4) is 0 Å². The molecule has 4 aliphatic rings. The minimum absolute atomic E-state index is 0.00567. The first-order valence-corrected chi connectivity index (χ1v) is 12.7. The van der Waals surface area contributed by atoms with E-state index >= 15 is 0 Å². The topological polar surface area (TPSA) is 188 Å². The molecule has 0 bridgehead atoms. The third-order valence-electron chi connectivity index (χ3n) is 7.27. The number of nitrogens with two attached hydrogens (primary N) is 2. The van der Waals surface area contributed by atoms with Crippen LogP contribution in [0, 0.1) is 11.8 Å². The highest BCUT2D eigenvalue weighted by Gasteiger charge is 2.60. The van der Waals surface area contributed by atoms with E-state index in [9.17, 15) is 29.1 Å². The van der Waals surface area contributed by atoms with E-state index in [0.29, 0.717) is 31.0 Å². The van der Waals surface area contributed by atoms with Gasteiger partial charge in [0.25, 0.3) is 0 Å². The van der Waals surface area contributed by atoms with Crippen molar-refractivity contribution in [1.82, 2.24) is 20.4 Å². The molecule has 0 aliphatic carbocycles. The smallest absolute Gasteiger partial charge is 0.353 e. The van der Waals surface area contributed by atoms with Gasteiger partial charge in [0.05, 0.1) is 18.0 Å². The molecule has 12 nitrogen and oxygen atoms in total. The predicted molar refractivity (Wildman–Crippen MR) is 126 cm³/mol. The first-order valence-electron chi connectivity index (χ1n) is 11.8. The van der Waals surface area contributed by atoms with Crippen LogP contribution in [0.15, 0.2) is 10.6 Å². The summed E-state index contributed by atoms with van der Waals surface area (Å²) >= 11 is 1.41. The zero-order chi connectivity index (χ0) is 25.6. The van der Waals surface area contributed by atoms with E-state index in [1.165, 1.54) is 16.7 Å². The molecule has 1 unspecified atom stereocenters. The number of amides is 4. The Balaban J connectivity index is 1.43. The van der Waals surface area contributed by atoms with E-state index in [1.807, 2.05) is 6.92 Å². The van der Waals surface area contributed by atoms with Crippen molar-refractivity contribution < 1.29 is 29.1 Å². The average Bonchev–Trinajstić information content (AvgIpc) is 3.45. The Morgan fingerprint density at radius 1 is 1.31 bits per heavy atom. The van der Waals surface area contributed by atoms with Gasteiger partial charge in [0.2, 0.25) is 23.6 Å². The Kier molecular flexibility index (Phi) is 7.11. The van der Waals surface area contributed by atoms with Crippen LogP contribution in [-0.4, -0.2) is 93.6 Å². The number of carbonyl (C=O) groups excluding carboxylic acids is 4. The maximum absolute atomic E-state index is 12.9. The van der Waals surface area contributed by atoms with Gasteiger partial charge >= 0.3 is 5.97 Å². The van der Waals surface area contributed by atoms with Crippen LogP contribution in [0.4, 0.5) is 0 Å². The van der Waals surface area contributed by atoms with E-state index in [1.54, 1.807) is 11.8 Å². The van der Waals surface area contributed by atoms with E-state index in [4.69, 9.17) is 11.5 Å². The monoisotopic (exact) mass is 508 g/mol. The molecule has 35 heavy (non-hydrogen) atoms. The summed E-state index contributed by atoms with van der Waals surface area (Å²) in [5.41, 5.74) is 11.0. The number of hydrogen-bond donors (Lipinski definition) is 5. The lowest BCUT2D eigenvalue weighted by Crippen LogP contribution is -2.66. The van der Waals surface area contributed by atoms with E-state index in [2.05, 4.69) is 10.6 Å². The van der Waals surface area contributed by atoms with Crippen LogP contribution in [0.1, 0.15) is 33.1 Å². The molecule has 7 N–H and O–H groups in total. The van der Waals surface area contributed by atoms with Gasteiger partial charge < -0.3 is 37.0 Å². The molecule has 0 radical (unpaired) electrons. The number of hydrogen-bond acceptors (Lipinski definition) is 8. The molecule has 192 valence electrons. The summed E-state index contributed by atoms with van der Waals surface area (Å²) in [5.74, 6) is -3.73. The number of nitrogens with one attached hydrogen (secondary N) is 2. The summed E-state index contributed by atoms with van der Waals surface area (Å²) in [7, 11) is 0. The van der Waals surface area contributed by atoms with E-state index < -0.39 is 42.2 Å². The van der Waals surface area contributed by atoms with Crippen molar-refractivity contribution in [2.45, 2.75) is 62.5 Å². The van der Waals surface area contributed by atoms with Crippen LogP contribution in [0.25, 0.3) is 0 Å².